The molecule has 1 heterocycles. The number of rotatable bonds is 6. The van der Waals surface area contributed by atoms with Crippen LogP contribution in [0.5, 0.6) is 5.75 Å². The number of methoxy groups -OCH3 is 1. The summed E-state index contributed by atoms with van der Waals surface area (Å²) in [6, 6.07) is 13.6. The van der Waals surface area contributed by atoms with E-state index in [1.807, 2.05) is 36.4 Å². The Kier molecular flexibility index (Phi) is 5.28. The third-order valence-electron chi connectivity index (χ3n) is 3.84. The number of nitrogens with zero attached hydrogens (tertiary/aromatic N) is 1. The molecule has 0 unspecified atom stereocenters. The Morgan fingerprint density at radius 1 is 1.28 bits per heavy atom. The van der Waals surface area contributed by atoms with Gasteiger partial charge in [0.05, 0.1) is 23.9 Å². The lowest BCUT2D eigenvalue weighted by Crippen LogP contribution is -2.14. The number of aromatic nitrogens is 2. The maximum atomic E-state index is 12.2. The van der Waals surface area contributed by atoms with E-state index in [1.165, 1.54) is 17.3 Å². The van der Waals surface area contributed by atoms with Gasteiger partial charge >= 0.3 is 0 Å². The van der Waals surface area contributed by atoms with E-state index in [4.69, 9.17) is 4.74 Å². The van der Waals surface area contributed by atoms with Gasteiger partial charge in [0.25, 0.3) is 0 Å². The van der Waals surface area contributed by atoms with Crippen LogP contribution in [0.2, 0.25) is 0 Å². The first-order valence-corrected chi connectivity index (χ1v) is 9.10. The van der Waals surface area contributed by atoms with Crippen LogP contribution in [0.1, 0.15) is 25.3 Å². The first kappa shape index (κ1) is 17.4. The lowest BCUT2D eigenvalue weighted by Gasteiger charge is -2.09. The highest BCUT2D eigenvalue weighted by Gasteiger charge is 2.09. The summed E-state index contributed by atoms with van der Waals surface area (Å²) in [6.45, 7) is 4.26. The van der Waals surface area contributed by atoms with Crippen molar-refractivity contribution in [2.75, 3.05) is 18.2 Å². The van der Waals surface area contributed by atoms with E-state index in [9.17, 15) is 4.79 Å². The van der Waals surface area contributed by atoms with Gasteiger partial charge in [-0.05, 0) is 35.7 Å². The standard InChI is InChI=1S/C19H21N3O2S/c1-12(2)13-5-4-6-14(9-13)20-18(23)11-25-19-21-16-8-7-15(24-3)10-17(16)22-19/h4-10,12H,11H2,1-3H3,(H,20,23)(H,21,22). The molecule has 3 rings (SSSR count). The first-order chi connectivity index (χ1) is 12.0. The van der Waals surface area contributed by atoms with Crippen molar-refractivity contribution >= 4 is 34.4 Å². The fourth-order valence-corrected chi connectivity index (χ4v) is 3.15. The Morgan fingerprint density at radius 2 is 2.12 bits per heavy atom. The SMILES string of the molecule is COc1ccc2nc(SCC(=O)Nc3cccc(C(C)C)c3)[nH]c2c1. The molecule has 0 saturated heterocycles. The van der Waals surface area contributed by atoms with Gasteiger partial charge in [-0.25, -0.2) is 4.98 Å². The third kappa shape index (κ3) is 4.33. The number of amides is 1. The Bertz CT molecular complexity index is 889. The summed E-state index contributed by atoms with van der Waals surface area (Å²) in [7, 11) is 1.63. The van der Waals surface area contributed by atoms with Gasteiger partial charge in [0.1, 0.15) is 5.75 Å². The molecule has 6 heteroatoms. The number of imidazole rings is 1. The van der Waals surface area contributed by atoms with Crippen molar-refractivity contribution in [2.45, 2.75) is 24.9 Å². The highest BCUT2D eigenvalue weighted by Crippen LogP contribution is 2.23. The average Bonchev–Trinajstić information content (AvgIpc) is 3.02. The zero-order valence-corrected chi connectivity index (χ0v) is 15.3. The van der Waals surface area contributed by atoms with Gasteiger partial charge in [-0.15, -0.1) is 0 Å². The quantitative estimate of drug-likeness (QED) is 0.642. The van der Waals surface area contributed by atoms with E-state index in [0.29, 0.717) is 16.8 Å². The number of fused-ring (bicyclic) bond motifs is 1. The van der Waals surface area contributed by atoms with Crippen LogP contribution < -0.4 is 10.1 Å². The summed E-state index contributed by atoms with van der Waals surface area (Å²) >= 11 is 1.38. The summed E-state index contributed by atoms with van der Waals surface area (Å²) in [5.41, 5.74) is 3.78. The van der Waals surface area contributed by atoms with E-state index < -0.39 is 0 Å². The molecule has 2 aromatic carbocycles. The van der Waals surface area contributed by atoms with Crippen LogP contribution >= 0.6 is 11.8 Å². The number of thioether (sulfide) groups is 1. The van der Waals surface area contributed by atoms with Gasteiger partial charge in [-0.3, -0.25) is 4.79 Å². The molecule has 130 valence electrons. The molecule has 2 N–H and O–H groups in total. The Hall–Kier alpha value is -2.47. The minimum atomic E-state index is -0.0519. The summed E-state index contributed by atoms with van der Waals surface area (Å²) in [5, 5.41) is 3.65. The molecule has 0 fully saturated rings. The van der Waals surface area contributed by atoms with Gasteiger partial charge in [0.15, 0.2) is 5.16 Å². The second kappa shape index (κ2) is 7.61. The number of hydrogen-bond donors (Lipinski definition) is 2. The van der Waals surface area contributed by atoms with E-state index >= 15 is 0 Å². The van der Waals surface area contributed by atoms with Crippen LogP contribution in [-0.2, 0) is 4.79 Å². The van der Waals surface area contributed by atoms with Gasteiger partial charge < -0.3 is 15.0 Å². The fourth-order valence-electron chi connectivity index (χ4n) is 2.47. The van der Waals surface area contributed by atoms with Crippen molar-refractivity contribution in [3.63, 3.8) is 0 Å². The van der Waals surface area contributed by atoms with Crippen LogP contribution in [0, 0.1) is 0 Å². The predicted octanol–water partition coefficient (Wildman–Crippen LogP) is 4.43. The molecule has 0 atom stereocenters. The first-order valence-electron chi connectivity index (χ1n) is 8.11. The summed E-state index contributed by atoms with van der Waals surface area (Å²) in [6.07, 6.45) is 0. The number of anilines is 1. The van der Waals surface area contributed by atoms with Crippen molar-refractivity contribution in [1.82, 2.24) is 9.97 Å². The van der Waals surface area contributed by atoms with Crippen molar-refractivity contribution in [2.24, 2.45) is 0 Å². The molecular weight excluding hydrogens is 334 g/mol. The van der Waals surface area contributed by atoms with Crippen molar-refractivity contribution < 1.29 is 9.53 Å². The molecule has 0 bridgehead atoms. The van der Waals surface area contributed by atoms with Gasteiger partial charge in [0, 0.05) is 11.8 Å². The van der Waals surface area contributed by atoms with Gasteiger partial charge in [-0.2, -0.15) is 0 Å². The average molecular weight is 355 g/mol. The molecule has 0 aliphatic rings. The number of H-pyrrole nitrogens is 1. The van der Waals surface area contributed by atoms with Crippen molar-refractivity contribution in [3.8, 4) is 5.75 Å². The molecule has 1 aromatic heterocycles. The van der Waals surface area contributed by atoms with E-state index in [0.717, 1.165) is 22.5 Å². The number of aromatic amines is 1. The molecule has 25 heavy (non-hydrogen) atoms. The number of hydrogen-bond acceptors (Lipinski definition) is 4. The molecular formula is C19H21N3O2S. The molecule has 0 radical (unpaired) electrons. The molecule has 3 aromatic rings. The van der Waals surface area contributed by atoms with E-state index in [2.05, 4.69) is 35.2 Å². The number of carbonyl (C=O) groups excluding carboxylic acids is 1. The second-order valence-electron chi connectivity index (χ2n) is 6.04. The zero-order chi connectivity index (χ0) is 17.8. The number of carbonyl (C=O) groups is 1. The minimum Gasteiger partial charge on any atom is -0.497 e. The molecule has 0 saturated carbocycles. The highest BCUT2D eigenvalue weighted by molar-refractivity contribution is 7.99. The largest absolute Gasteiger partial charge is 0.497 e. The molecule has 5 nitrogen and oxygen atoms in total. The fraction of sp³-hybridized carbons (Fsp3) is 0.263. The smallest absolute Gasteiger partial charge is 0.234 e. The van der Waals surface area contributed by atoms with Crippen LogP contribution in [0.15, 0.2) is 47.6 Å². The topological polar surface area (TPSA) is 67.0 Å². The summed E-state index contributed by atoms with van der Waals surface area (Å²) < 4.78 is 5.20. The van der Waals surface area contributed by atoms with Crippen LogP contribution in [0.4, 0.5) is 5.69 Å². The third-order valence-corrected chi connectivity index (χ3v) is 4.72. The van der Waals surface area contributed by atoms with Gasteiger partial charge in [0.2, 0.25) is 5.91 Å². The van der Waals surface area contributed by atoms with Gasteiger partial charge in [-0.1, -0.05) is 37.7 Å². The molecule has 0 aliphatic carbocycles. The Morgan fingerprint density at radius 3 is 2.88 bits per heavy atom. The van der Waals surface area contributed by atoms with Crippen molar-refractivity contribution in [3.05, 3.63) is 48.0 Å². The zero-order valence-electron chi connectivity index (χ0n) is 14.5. The van der Waals surface area contributed by atoms with Crippen LogP contribution in [-0.4, -0.2) is 28.7 Å². The molecule has 0 spiro atoms. The maximum Gasteiger partial charge on any atom is 0.234 e. The lowest BCUT2D eigenvalue weighted by molar-refractivity contribution is -0.113. The number of benzene rings is 2. The predicted molar refractivity (Wildman–Crippen MR) is 103 cm³/mol. The summed E-state index contributed by atoms with van der Waals surface area (Å²) in [4.78, 5) is 19.9. The second-order valence-corrected chi connectivity index (χ2v) is 7.01. The number of ether oxygens (including phenoxy) is 1. The maximum absolute atomic E-state index is 12.2. The molecule has 1 amide bonds. The highest BCUT2D eigenvalue weighted by atomic mass is 32.2. The number of nitrogens with one attached hydrogen (secondary N) is 2. The Balaban J connectivity index is 1.61. The minimum absolute atomic E-state index is 0.0519. The monoisotopic (exact) mass is 355 g/mol. The lowest BCUT2D eigenvalue weighted by atomic mass is 10.0. The van der Waals surface area contributed by atoms with Crippen LogP contribution in [0.3, 0.4) is 0 Å². The van der Waals surface area contributed by atoms with E-state index in [-0.39, 0.29) is 5.91 Å². The Labute approximate surface area is 151 Å². The van der Waals surface area contributed by atoms with Crippen LogP contribution in [0.25, 0.3) is 11.0 Å². The molecule has 0 aliphatic heterocycles. The normalized spacial score (nSPS) is 11.0. The van der Waals surface area contributed by atoms with Crippen molar-refractivity contribution in [1.29, 1.82) is 0 Å². The van der Waals surface area contributed by atoms with E-state index in [1.54, 1.807) is 7.11 Å². The summed E-state index contributed by atoms with van der Waals surface area (Å²) in [5.74, 6) is 1.45.